The maximum absolute atomic E-state index is 14.6. The van der Waals surface area contributed by atoms with E-state index in [0.717, 1.165) is 50.7 Å². The molecule has 0 bridgehead atoms. The van der Waals surface area contributed by atoms with E-state index in [9.17, 15) is 4.79 Å². The monoisotopic (exact) mass is 652 g/mol. The first kappa shape index (κ1) is 33.1. The predicted octanol–water partition coefficient (Wildman–Crippen LogP) is 8.67. The topological polar surface area (TPSA) is 63.2 Å². The van der Waals surface area contributed by atoms with Crippen LogP contribution in [0.25, 0.3) is 0 Å². The van der Waals surface area contributed by atoms with Crippen molar-refractivity contribution in [3.63, 3.8) is 0 Å². The first-order valence-corrected chi connectivity index (χ1v) is 21.3. The van der Waals surface area contributed by atoms with E-state index < -0.39 is 14.1 Å². The van der Waals surface area contributed by atoms with E-state index >= 15 is 0 Å². The van der Waals surface area contributed by atoms with Crippen LogP contribution in [0.3, 0.4) is 0 Å². The largest absolute Gasteiger partial charge is 0.497 e. The number of esters is 1. The molecule has 7 rings (SSSR count). The summed E-state index contributed by atoms with van der Waals surface area (Å²) >= 11 is 0. The lowest BCUT2D eigenvalue weighted by atomic mass is 9.55. The minimum Gasteiger partial charge on any atom is -0.497 e. The van der Waals surface area contributed by atoms with Crippen LogP contribution in [-0.2, 0) is 29.9 Å². The molecule has 1 aromatic carbocycles. The lowest BCUT2D eigenvalue weighted by Gasteiger charge is -2.50. The fourth-order valence-corrected chi connectivity index (χ4v) is 11.9. The van der Waals surface area contributed by atoms with Crippen molar-refractivity contribution in [2.45, 2.75) is 141 Å². The van der Waals surface area contributed by atoms with Gasteiger partial charge in [-0.05, 0) is 116 Å². The molecule has 1 saturated heterocycles. The van der Waals surface area contributed by atoms with Gasteiger partial charge in [0.15, 0.2) is 14.1 Å². The molecule has 1 aromatic rings. The average molecular weight is 653 g/mol. The molecular formula is C39H60O6Si. The number of carbonyl (C=O) groups excluding carboxylic acids is 1. The van der Waals surface area contributed by atoms with Gasteiger partial charge < -0.3 is 23.4 Å². The third-order valence-electron chi connectivity index (χ3n) is 14.2. The number of aryl methyl sites for hydroxylation is 1. The third kappa shape index (κ3) is 5.51. The van der Waals surface area contributed by atoms with E-state index in [-0.39, 0.29) is 45.9 Å². The molecule has 46 heavy (non-hydrogen) atoms. The van der Waals surface area contributed by atoms with Gasteiger partial charge in [-0.15, -0.1) is 0 Å². The van der Waals surface area contributed by atoms with Crippen LogP contribution in [0.5, 0.6) is 5.75 Å². The predicted molar refractivity (Wildman–Crippen MR) is 182 cm³/mol. The maximum atomic E-state index is 14.6. The summed E-state index contributed by atoms with van der Waals surface area (Å²) in [4.78, 5) is 14.6. The van der Waals surface area contributed by atoms with Gasteiger partial charge in [0.25, 0.3) is 0 Å². The first-order valence-electron chi connectivity index (χ1n) is 18.4. The summed E-state index contributed by atoms with van der Waals surface area (Å²) in [6.07, 6.45) is 9.17. The van der Waals surface area contributed by atoms with Crippen molar-refractivity contribution in [1.82, 2.24) is 0 Å². The van der Waals surface area contributed by atoms with Crippen molar-refractivity contribution in [2.75, 3.05) is 20.3 Å². The number of ether oxygens (including phenoxy) is 4. The molecule has 6 aliphatic rings. The maximum Gasteiger partial charge on any atom is 0.312 e. The lowest BCUT2D eigenvalue weighted by molar-refractivity contribution is -0.298. The Bertz CT molecular complexity index is 1320. The van der Waals surface area contributed by atoms with Gasteiger partial charge in [-0.3, -0.25) is 4.79 Å². The average Bonchev–Trinajstić information content (AvgIpc) is 3.61. The van der Waals surface area contributed by atoms with Gasteiger partial charge in [0, 0.05) is 23.7 Å². The molecule has 0 N–H and O–H groups in total. The molecule has 0 amide bonds. The highest BCUT2D eigenvalue weighted by molar-refractivity contribution is 6.74. The number of carbonyl (C=O) groups is 1. The van der Waals surface area contributed by atoms with Crippen LogP contribution < -0.4 is 4.74 Å². The number of benzene rings is 1. The summed E-state index contributed by atoms with van der Waals surface area (Å²) in [5, 5.41) is 0.0795. The molecule has 1 spiro atoms. The van der Waals surface area contributed by atoms with Crippen molar-refractivity contribution in [1.29, 1.82) is 0 Å². The summed E-state index contributed by atoms with van der Waals surface area (Å²) in [6, 6.07) is 6.73. The number of rotatable bonds is 5. The van der Waals surface area contributed by atoms with E-state index in [1.807, 2.05) is 0 Å². The molecule has 0 aromatic heterocycles. The fraction of sp³-hybridized carbons (Fsp3) is 0.821. The Labute approximate surface area is 279 Å². The molecule has 7 heteroatoms. The van der Waals surface area contributed by atoms with Crippen LogP contribution in [0, 0.1) is 40.4 Å². The number of methoxy groups -OCH3 is 1. The molecule has 1 heterocycles. The van der Waals surface area contributed by atoms with Crippen LogP contribution in [0.4, 0.5) is 0 Å². The second-order valence-electron chi connectivity index (χ2n) is 18.7. The molecule has 4 saturated carbocycles. The minimum absolute atomic E-state index is 0.0144. The zero-order valence-electron chi connectivity index (χ0n) is 30.1. The van der Waals surface area contributed by atoms with Gasteiger partial charge in [-0.2, -0.15) is 0 Å². The highest BCUT2D eigenvalue weighted by atomic mass is 28.4. The molecule has 256 valence electrons. The van der Waals surface area contributed by atoms with E-state index in [2.05, 4.69) is 72.8 Å². The molecule has 0 unspecified atom stereocenters. The molecular weight excluding hydrogens is 593 g/mol. The van der Waals surface area contributed by atoms with Crippen molar-refractivity contribution in [2.24, 2.45) is 40.4 Å². The molecule has 5 fully saturated rings. The number of hydrogen-bond acceptors (Lipinski definition) is 6. The second kappa shape index (κ2) is 11.3. The van der Waals surface area contributed by atoms with Crippen molar-refractivity contribution < 1.29 is 28.2 Å². The molecule has 6 nitrogen and oxygen atoms in total. The Balaban J connectivity index is 1.10. The zero-order valence-corrected chi connectivity index (χ0v) is 31.1. The van der Waals surface area contributed by atoms with E-state index in [1.165, 1.54) is 24.0 Å². The van der Waals surface area contributed by atoms with Crippen LogP contribution in [0.1, 0.15) is 110 Å². The number of fused-ring (bicyclic) bond motifs is 6. The summed E-state index contributed by atoms with van der Waals surface area (Å²) in [5.41, 5.74) is 3.06. The Hall–Kier alpha value is -1.41. The molecule has 9 atom stereocenters. The highest BCUT2D eigenvalue weighted by Gasteiger charge is 2.62. The summed E-state index contributed by atoms with van der Waals surface area (Å²) in [6.45, 7) is 19.8. The second-order valence-corrected chi connectivity index (χ2v) is 23.4. The summed E-state index contributed by atoms with van der Waals surface area (Å²) in [5.74, 6) is 2.54. The standard InChI is InChI=1S/C39H60O6Si/c1-36(2,3)46(8,9)45-32-19-25-20-39(42-22-37(4,5)23-43-39)21-30(25)34(32)35(40)44-33-15-14-31-29-12-10-24-18-26(41-7)11-13-27(24)28(29)16-17-38(31,33)6/h11,13,18,25,28-34H,10,12,14-17,19-23H2,1-9H3/t25-,28-,29-,30+,31+,32-,33+,34-,38+/m1/s1. The molecule has 5 aliphatic carbocycles. The summed E-state index contributed by atoms with van der Waals surface area (Å²) in [7, 11) is -0.333. The van der Waals surface area contributed by atoms with Crippen molar-refractivity contribution in [3.8, 4) is 5.75 Å². The van der Waals surface area contributed by atoms with Gasteiger partial charge >= 0.3 is 5.97 Å². The van der Waals surface area contributed by atoms with E-state index in [4.69, 9.17) is 23.4 Å². The smallest absolute Gasteiger partial charge is 0.312 e. The van der Waals surface area contributed by atoms with Crippen LogP contribution in [0.15, 0.2) is 18.2 Å². The Kier molecular flexibility index (Phi) is 8.14. The minimum atomic E-state index is -2.09. The first-order chi connectivity index (χ1) is 21.5. The zero-order chi connectivity index (χ0) is 32.9. The Morgan fingerprint density at radius 3 is 2.41 bits per heavy atom. The van der Waals surface area contributed by atoms with Crippen LogP contribution in [-0.4, -0.2) is 52.6 Å². The van der Waals surface area contributed by atoms with Gasteiger partial charge in [-0.25, -0.2) is 0 Å². The molecule has 0 radical (unpaired) electrons. The molecule has 1 aliphatic heterocycles. The quantitative estimate of drug-likeness (QED) is 0.234. The van der Waals surface area contributed by atoms with E-state index in [0.29, 0.717) is 36.9 Å². The Morgan fingerprint density at radius 1 is 0.978 bits per heavy atom. The third-order valence-corrected chi connectivity index (χ3v) is 18.7. The lowest BCUT2D eigenvalue weighted by Crippen LogP contribution is -2.49. The van der Waals surface area contributed by atoms with Gasteiger partial charge in [0.05, 0.1) is 32.3 Å². The van der Waals surface area contributed by atoms with Gasteiger partial charge in [0.2, 0.25) is 0 Å². The normalized spacial score (nSPS) is 39.3. The van der Waals surface area contributed by atoms with Crippen LogP contribution in [0.2, 0.25) is 18.1 Å². The fourth-order valence-electron chi connectivity index (χ4n) is 10.6. The van der Waals surface area contributed by atoms with Crippen molar-refractivity contribution in [3.05, 3.63) is 29.3 Å². The number of hydrogen-bond donors (Lipinski definition) is 0. The van der Waals surface area contributed by atoms with Crippen LogP contribution >= 0.6 is 0 Å². The summed E-state index contributed by atoms with van der Waals surface area (Å²) < 4.78 is 32.4. The van der Waals surface area contributed by atoms with Gasteiger partial charge in [0.1, 0.15) is 11.9 Å². The van der Waals surface area contributed by atoms with E-state index in [1.54, 1.807) is 7.11 Å². The van der Waals surface area contributed by atoms with Crippen molar-refractivity contribution >= 4 is 14.3 Å². The van der Waals surface area contributed by atoms with Gasteiger partial charge in [-0.1, -0.05) is 47.6 Å². The SMILES string of the molecule is COc1ccc2c(c1)CC[C@@H]1[C@@H]2CC[C@]2(C)[C@@H](OC(=O)[C@@H]3[C@H]4CC5(C[C@H]4C[C@H]3O[Si](C)(C)C(C)(C)C)OCC(C)(C)CO5)CC[C@@H]12. The Morgan fingerprint density at radius 2 is 1.72 bits per heavy atom. The highest BCUT2D eigenvalue weighted by Crippen LogP contribution is 2.63.